The molecule has 2 N–H and O–H groups in total. The Morgan fingerprint density at radius 2 is 1.80 bits per heavy atom. The number of benzene rings is 1. The lowest BCUT2D eigenvalue weighted by atomic mass is 9.85. The van der Waals surface area contributed by atoms with E-state index in [2.05, 4.69) is 0 Å². The van der Waals surface area contributed by atoms with E-state index >= 15 is 0 Å². The molecule has 2 rings (SSSR count). The van der Waals surface area contributed by atoms with Gasteiger partial charge in [0.15, 0.2) is 9.84 Å². The van der Waals surface area contributed by atoms with Gasteiger partial charge >= 0.3 is 0 Å². The molecule has 0 spiro atoms. The first-order chi connectivity index (χ1) is 9.40. The third-order valence-corrected chi connectivity index (χ3v) is 6.45. The van der Waals surface area contributed by atoms with Crippen molar-refractivity contribution in [1.29, 1.82) is 0 Å². The lowest BCUT2D eigenvalue weighted by Gasteiger charge is -2.27. The zero-order valence-corrected chi connectivity index (χ0v) is 13.5. The Balaban J connectivity index is 2.11. The zero-order valence-electron chi connectivity index (χ0n) is 11.2. The van der Waals surface area contributed by atoms with E-state index in [1.54, 1.807) is 0 Å². The average Bonchev–Trinajstić information content (AvgIpc) is 2.42. The van der Waals surface area contributed by atoms with Crippen LogP contribution in [0.25, 0.3) is 0 Å². The maximum Gasteiger partial charge on any atom is 0.179 e. The molecule has 20 heavy (non-hydrogen) atoms. The highest BCUT2D eigenvalue weighted by molar-refractivity contribution is 7.91. The quantitative estimate of drug-likeness (QED) is 0.912. The third kappa shape index (κ3) is 3.88. The van der Waals surface area contributed by atoms with Gasteiger partial charge in [0, 0.05) is 6.04 Å². The third-order valence-electron chi connectivity index (χ3n) is 3.92. The van der Waals surface area contributed by atoms with Gasteiger partial charge < -0.3 is 5.73 Å². The van der Waals surface area contributed by atoms with Crippen LogP contribution < -0.4 is 5.73 Å². The van der Waals surface area contributed by atoms with Crippen molar-refractivity contribution >= 4 is 33.0 Å². The van der Waals surface area contributed by atoms with Gasteiger partial charge in [-0.3, -0.25) is 0 Å². The lowest BCUT2D eigenvalue weighted by molar-refractivity contribution is 0.317. The first-order valence-electron chi connectivity index (χ1n) is 6.83. The molecule has 0 saturated heterocycles. The van der Waals surface area contributed by atoms with Crippen LogP contribution in [0.1, 0.15) is 32.1 Å². The molecule has 1 atom stereocenters. The van der Waals surface area contributed by atoms with Crippen LogP contribution in [0.3, 0.4) is 0 Å². The van der Waals surface area contributed by atoms with E-state index in [0.29, 0.717) is 10.9 Å². The fourth-order valence-electron chi connectivity index (χ4n) is 2.72. The molecule has 0 radical (unpaired) electrons. The van der Waals surface area contributed by atoms with Crippen LogP contribution in [-0.4, -0.2) is 20.2 Å². The van der Waals surface area contributed by atoms with Gasteiger partial charge in [0.05, 0.1) is 20.7 Å². The van der Waals surface area contributed by atoms with Gasteiger partial charge in [0.2, 0.25) is 0 Å². The summed E-state index contributed by atoms with van der Waals surface area (Å²) in [6, 6.07) is 4.07. The Hall–Kier alpha value is -0.290. The minimum atomic E-state index is -3.42. The van der Waals surface area contributed by atoms with Crippen LogP contribution in [0.15, 0.2) is 23.1 Å². The molecule has 1 saturated carbocycles. The zero-order chi connectivity index (χ0) is 14.8. The minimum Gasteiger partial charge on any atom is -0.327 e. The fraction of sp³-hybridized carbons (Fsp3) is 0.571. The van der Waals surface area contributed by atoms with Crippen molar-refractivity contribution in [2.75, 3.05) is 5.75 Å². The Labute approximate surface area is 130 Å². The smallest absolute Gasteiger partial charge is 0.179 e. The van der Waals surface area contributed by atoms with Crippen molar-refractivity contribution in [3.8, 4) is 0 Å². The van der Waals surface area contributed by atoms with Crippen LogP contribution in [0.4, 0.5) is 0 Å². The Bertz CT molecular complexity index is 569. The van der Waals surface area contributed by atoms with Crippen molar-refractivity contribution in [2.24, 2.45) is 11.7 Å². The first kappa shape index (κ1) is 16.1. The maximum absolute atomic E-state index is 12.4. The fourth-order valence-corrected chi connectivity index (χ4v) is 4.63. The van der Waals surface area contributed by atoms with Crippen LogP contribution >= 0.6 is 23.2 Å². The van der Waals surface area contributed by atoms with E-state index in [9.17, 15) is 8.42 Å². The topological polar surface area (TPSA) is 60.2 Å². The van der Waals surface area contributed by atoms with E-state index in [1.165, 1.54) is 24.6 Å². The second-order valence-electron chi connectivity index (χ2n) is 5.42. The molecule has 0 amide bonds. The molecule has 0 bridgehead atoms. The van der Waals surface area contributed by atoms with Crippen molar-refractivity contribution in [3.05, 3.63) is 28.2 Å². The summed E-state index contributed by atoms with van der Waals surface area (Å²) in [4.78, 5) is 0.193. The van der Waals surface area contributed by atoms with Gasteiger partial charge in [-0.05, 0) is 37.0 Å². The summed E-state index contributed by atoms with van der Waals surface area (Å²) < 4.78 is 24.7. The molecule has 3 nitrogen and oxygen atoms in total. The Kier molecular flexibility index (Phi) is 5.35. The van der Waals surface area contributed by atoms with E-state index < -0.39 is 9.84 Å². The monoisotopic (exact) mass is 335 g/mol. The highest BCUT2D eigenvalue weighted by atomic mass is 35.5. The van der Waals surface area contributed by atoms with Crippen molar-refractivity contribution in [2.45, 2.75) is 43.0 Å². The molecule has 0 aromatic heterocycles. The number of hydrogen-bond donors (Lipinski definition) is 1. The summed E-state index contributed by atoms with van der Waals surface area (Å²) in [5.41, 5.74) is 6.10. The molecule has 6 heteroatoms. The SMILES string of the molecule is NC(CS(=O)(=O)c1ccc(Cl)c(Cl)c1)C1CCCCC1. The standard InChI is InChI=1S/C14H19Cl2NO2S/c15-12-7-6-11(8-13(12)16)20(18,19)9-14(17)10-4-2-1-3-5-10/h6-8,10,14H,1-5,9,17H2. The van der Waals surface area contributed by atoms with Gasteiger partial charge in [-0.2, -0.15) is 0 Å². The lowest BCUT2D eigenvalue weighted by Crippen LogP contribution is -2.38. The predicted octanol–water partition coefficient (Wildman–Crippen LogP) is 3.67. The van der Waals surface area contributed by atoms with E-state index in [-0.39, 0.29) is 21.7 Å². The molecule has 0 heterocycles. The Morgan fingerprint density at radius 3 is 2.40 bits per heavy atom. The largest absolute Gasteiger partial charge is 0.327 e. The highest BCUT2D eigenvalue weighted by Crippen LogP contribution is 2.29. The second kappa shape index (κ2) is 6.65. The summed E-state index contributed by atoms with van der Waals surface area (Å²) in [5, 5.41) is 0.598. The molecular formula is C14H19Cl2NO2S. The van der Waals surface area contributed by atoms with E-state index in [1.807, 2.05) is 0 Å². The molecular weight excluding hydrogens is 317 g/mol. The van der Waals surface area contributed by atoms with Gasteiger partial charge in [-0.15, -0.1) is 0 Å². The number of hydrogen-bond acceptors (Lipinski definition) is 3. The molecule has 0 aliphatic heterocycles. The van der Waals surface area contributed by atoms with E-state index in [4.69, 9.17) is 28.9 Å². The summed E-state index contributed by atoms with van der Waals surface area (Å²) in [7, 11) is -3.42. The van der Waals surface area contributed by atoms with Crippen LogP contribution in [-0.2, 0) is 9.84 Å². The second-order valence-corrected chi connectivity index (χ2v) is 8.27. The first-order valence-corrected chi connectivity index (χ1v) is 9.24. The average molecular weight is 336 g/mol. The molecule has 112 valence electrons. The van der Waals surface area contributed by atoms with Gasteiger partial charge in [-0.1, -0.05) is 42.5 Å². The van der Waals surface area contributed by atoms with Gasteiger partial charge in [-0.25, -0.2) is 8.42 Å². The maximum atomic E-state index is 12.4. The molecule has 1 aromatic carbocycles. The molecule has 1 fully saturated rings. The number of halogens is 2. The van der Waals surface area contributed by atoms with Crippen LogP contribution in [0, 0.1) is 5.92 Å². The summed E-state index contributed by atoms with van der Waals surface area (Å²) in [6.45, 7) is 0. The predicted molar refractivity (Wildman–Crippen MR) is 83.1 cm³/mol. The molecule has 1 unspecified atom stereocenters. The molecule has 1 aliphatic rings. The van der Waals surface area contributed by atoms with E-state index in [0.717, 1.165) is 25.7 Å². The van der Waals surface area contributed by atoms with Crippen LogP contribution in [0.5, 0.6) is 0 Å². The molecule has 1 aliphatic carbocycles. The number of rotatable bonds is 4. The summed E-state index contributed by atoms with van der Waals surface area (Å²) in [5.74, 6) is 0.275. The molecule has 1 aromatic rings. The van der Waals surface area contributed by atoms with Crippen molar-refractivity contribution in [1.82, 2.24) is 0 Å². The minimum absolute atomic E-state index is 0.0321. The Morgan fingerprint density at radius 1 is 1.15 bits per heavy atom. The van der Waals surface area contributed by atoms with Crippen LogP contribution in [0.2, 0.25) is 10.0 Å². The van der Waals surface area contributed by atoms with Gasteiger partial charge in [0.1, 0.15) is 0 Å². The summed E-state index contributed by atoms with van der Waals surface area (Å²) in [6.07, 6.45) is 5.56. The number of nitrogens with two attached hydrogens (primary N) is 1. The highest BCUT2D eigenvalue weighted by Gasteiger charge is 2.26. The van der Waals surface area contributed by atoms with Crippen molar-refractivity contribution in [3.63, 3.8) is 0 Å². The normalized spacial score (nSPS) is 18.9. The summed E-state index contributed by atoms with van der Waals surface area (Å²) >= 11 is 11.7. The number of sulfone groups is 1. The van der Waals surface area contributed by atoms with Crippen molar-refractivity contribution < 1.29 is 8.42 Å². The van der Waals surface area contributed by atoms with Gasteiger partial charge in [0.25, 0.3) is 0 Å².